The third kappa shape index (κ3) is 4.27. The van der Waals surface area contributed by atoms with Crippen molar-refractivity contribution in [1.82, 2.24) is 4.90 Å². The maximum absolute atomic E-state index is 13.5. The monoisotopic (exact) mass is 254 g/mol. The third-order valence-electron chi connectivity index (χ3n) is 2.79. The highest BCUT2D eigenvalue weighted by Crippen LogP contribution is 2.27. The molecule has 0 aliphatic rings. The van der Waals surface area contributed by atoms with Crippen molar-refractivity contribution in [2.24, 2.45) is 5.73 Å². The molecule has 0 heterocycles. The summed E-state index contributed by atoms with van der Waals surface area (Å²) in [6.07, 6.45) is 0.932. The van der Waals surface area contributed by atoms with E-state index in [0.717, 1.165) is 18.5 Å². The molecule has 0 aliphatic heterocycles. The fraction of sp³-hybridized carbons (Fsp3) is 0.571. The van der Waals surface area contributed by atoms with Crippen molar-refractivity contribution in [3.05, 3.63) is 29.1 Å². The van der Waals surface area contributed by atoms with Crippen LogP contribution >= 0.6 is 0 Å². The number of hydrogen-bond acceptors (Lipinski definition) is 3. The number of ether oxygens (including phenoxy) is 1. The van der Waals surface area contributed by atoms with E-state index in [1.807, 2.05) is 21.0 Å². The molecule has 0 amide bonds. The normalized spacial score (nSPS) is 12.8. The van der Waals surface area contributed by atoms with Gasteiger partial charge in [-0.1, -0.05) is 0 Å². The minimum atomic E-state index is -0.233. The second kappa shape index (κ2) is 6.71. The first-order valence-electron chi connectivity index (χ1n) is 6.25. The van der Waals surface area contributed by atoms with Crippen molar-refractivity contribution in [2.75, 3.05) is 27.2 Å². The molecule has 0 bridgehead atoms. The Kier molecular flexibility index (Phi) is 5.56. The molecule has 0 radical (unpaired) electrons. The first kappa shape index (κ1) is 14.9. The minimum absolute atomic E-state index is 0.232. The Labute approximate surface area is 109 Å². The molecule has 0 spiro atoms. The Bertz CT molecular complexity index is 392. The Morgan fingerprint density at radius 1 is 1.39 bits per heavy atom. The minimum Gasteiger partial charge on any atom is -0.493 e. The lowest BCUT2D eigenvalue weighted by Gasteiger charge is -2.16. The smallest absolute Gasteiger partial charge is 0.126 e. The predicted molar refractivity (Wildman–Crippen MR) is 72.4 cm³/mol. The molecule has 0 fully saturated rings. The molecule has 1 atom stereocenters. The molecule has 18 heavy (non-hydrogen) atoms. The van der Waals surface area contributed by atoms with Crippen molar-refractivity contribution in [2.45, 2.75) is 26.3 Å². The van der Waals surface area contributed by atoms with Gasteiger partial charge in [-0.3, -0.25) is 0 Å². The van der Waals surface area contributed by atoms with E-state index < -0.39 is 0 Å². The van der Waals surface area contributed by atoms with Gasteiger partial charge in [0.15, 0.2) is 0 Å². The Hall–Kier alpha value is -1.13. The Morgan fingerprint density at radius 2 is 2.06 bits per heavy atom. The summed E-state index contributed by atoms with van der Waals surface area (Å²) in [5.41, 5.74) is 7.14. The number of nitrogens with two attached hydrogens (primary N) is 1. The van der Waals surface area contributed by atoms with Crippen LogP contribution in [0.1, 0.15) is 30.5 Å². The number of benzene rings is 1. The third-order valence-corrected chi connectivity index (χ3v) is 2.79. The summed E-state index contributed by atoms with van der Waals surface area (Å²) >= 11 is 0. The lowest BCUT2D eigenvalue weighted by molar-refractivity contribution is 0.278. The maximum atomic E-state index is 13.5. The zero-order valence-electron chi connectivity index (χ0n) is 11.7. The molecule has 1 aromatic rings. The molecular weight excluding hydrogens is 231 g/mol. The number of rotatable bonds is 6. The van der Waals surface area contributed by atoms with E-state index in [2.05, 4.69) is 4.90 Å². The van der Waals surface area contributed by atoms with Gasteiger partial charge in [-0.05, 0) is 52.1 Å². The Morgan fingerprint density at radius 3 is 2.61 bits per heavy atom. The molecule has 0 saturated heterocycles. The summed E-state index contributed by atoms with van der Waals surface area (Å²) in [5, 5.41) is 0. The maximum Gasteiger partial charge on any atom is 0.126 e. The lowest BCUT2D eigenvalue weighted by Crippen LogP contribution is -2.16. The van der Waals surface area contributed by atoms with Crippen LogP contribution in [-0.4, -0.2) is 32.1 Å². The molecule has 1 aromatic carbocycles. The van der Waals surface area contributed by atoms with Crippen LogP contribution in [0.3, 0.4) is 0 Å². The first-order chi connectivity index (χ1) is 8.41. The van der Waals surface area contributed by atoms with Gasteiger partial charge < -0.3 is 15.4 Å². The van der Waals surface area contributed by atoms with E-state index >= 15 is 0 Å². The van der Waals surface area contributed by atoms with Gasteiger partial charge >= 0.3 is 0 Å². The van der Waals surface area contributed by atoms with Gasteiger partial charge in [-0.2, -0.15) is 0 Å². The molecule has 0 aromatic heterocycles. The van der Waals surface area contributed by atoms with Gasteiger partial charge in [0.1, 0.15) is 11.6 Å². The van der Waals surface area contributed by atoms with Crippen LogP contribution in [0.4, 0.5) is 4.39 Å². The van der Waals surface area contributed by atoms with Gasteiger partial charge in [-0.25, -0.2) is 4.39 Å². The van der Waals surface area contributed by atoms with E-state index in [0.29, 0.717) is 17.9 Å². The molecule has 0 aliphatic carbocycles. The van der Waals surface area contributed by atoms with E-state index in [4.69, 9.17) is 10.5 Å². The second-order valence-corrected chi connectivity index (χ2v) is 4.93. The van der Waals surface area contributed by atoms with Crippen molar-refractivity contribution in [3.63, 3.8) is 0 Å². The molecule has 3 nitrogen and oxygen atoms in total. The van der Waals surface area contributed by atoms with E-state index in [-0.39, 0.29) is 11.9 Å². The standard InChI is InChI=1S/C14H23FN2O/c1-10-8-14(18-7-5-6-17(3)4)12(11(2)16)9-13(10)15/h8-9,11H,5-7,16H2,1-4H3/t11-/m1/s1. The van der Waals surface area contributed by atoms with Crippen LogP contribution in [0.25, 0.3) is 0 Å². The summed E-state index contributed by atoms with van der Waals surface area (Å²) < 4.78 is 19.2. The van der Waals surface area contributed by atoms with Crippen LogP contribution in [0.5, 0.6) is 5.75 Å². The summed E-state index contributed by atoms with van der Waals surface area (Å²) in [7, 11) is 4.05. The van der Waals surface area contributed by atoms with Crippen LogP contribution in [0.2, 0.25) is 0 Å². The van der Waals surface area contributed by atoms with Gasteiger partial charge in [0, 0.05) is 18.2 Å². The lowest BCUT2D eigenvalue weighted by atomic mass is 10.1. The van der Waals surface area contributed by atoms with E-state index in [1.54, 1.807) is 13.0 Å². The van der Waals surface area contributed by atoms with Crippen LogP contribution in [0.15, 0.2) is 12.1 Å². The number of hydrogen-bond donors (Lipinski definition) is 1. The van der Waals surface area contributed by atoms with Crippen molar-refractivity contribution >= 4 is 0 Å². The van der Waals surface area contributed by atoms with E-state index in [1.165, 1.54) is 6.07 Å². The first-order valence-corrected chi connectivity index (χ1v) is 6.25. The second-order valence-electron chi connectivity index (χ2n) is 4.93. The molecule has 0 saturated carbocycles. The molecular formula is C14H23FN2O. The van der Waals surface area contributed by atoms with Crippen molar-refractivity contribution < 1.29 is 9.13 Å². The SMILES string of the molecule is Cc1cc(OCCCN(C)C)c([C@@H](C)N)cc1F. The number of halogens is 1. The molecule has 1 rings (SSSR count). The summed E-state index contributed by atoms with van der Waals surface area (Å²) in [4.78, 5) is 2.10. The summed E-state index contributed by atoms with van der Waals surface area (Å²) in [6, 6.07) is 2.97. The molecule has 4 heteroatoms. The van der Waals surface area contributed by atoms with Crippen molar-refractivity contribution in [1.29, 1.82) is 0 Å². The quantitative estimate of drug-likeness (QED) is 0.793. The highest BCUT2D eigenvalue weighted by molar-refractivity contribution is 5.39. The van der Waals surface area contributed by atoms with Crippen LogP contribution in [-0.2, 0) is 0 Å². The van der Waals surface area contributed by atoms with E-state index in [9.17, 15) is 4.39 Å². The Balaban J connectivity index is 2.71. The average Bonchev–Trinajstić information content (AvgIpc) is 2.28. The molecule has 102 valence electrons. The fourth-order valence-corrected chi connectivity index (χ4v) is 1.71. The molecule has 2 N–H and O–H groups in total. The fourth-order valence-electron chi connectivity index (χ4n) is 1.71. The highest BCUT2D eigenvalue weighted by Gasteiger charge is 2.12. The summed E-state index contributed by atoms with van der Waals surface area (Å²) in [6.45, 7) is 5.14. The van der Waals surface area contributed by atoms with Crippen LogP contribution < -0.4 is 10.5 Å². The number of aryl methyl sites for hydroxylation is 1. The zero-order valence-corrected chi connectivity index (χ0v) is 11.7. The number of nitrogens with zero attached hydrogens (tertiary/aromatic N) is 1. The van der Waals surface area contributed by atoms with Gasteiger partial charge in [0.2, 0.25) is 0 Å². The topological polar surface area (TPSA) is 38.5 Å². The van der Waals surface area contributed by atoms with Gasteiger partial charge in [-0.15, -0.1) is 0 Å². The van der Waals surface area contributed by atoms with Crippen LogP contribution in [0, 0.1) is 12.7 Å². The van der Waals surface area contributed by atoms with Gasteiger partial charge in [0.05, 0.1) is 6.61 Å². The van der Waals surface area contributed by atoms with Crippen molar-refractivity contribution in [3.8, 4) is 5.75 Å². The molecule has 0 unspecified atom stereocenters. The zero-order chi connectivity index (χ0) is 13.7. The predicted octanol–water partition coefficient (Wildman–Crippen LogP) is 2.48. The van der Waals surface area contributed by atoms with Gasteiger partial charge in [0.25, 0.3) is 0 Å². The summed E-state index contributed by atoms with van der Waals surface area (Å²) in [5.74, 6) is 0.464. The highest BCUT2D eigenvalue weighted by atomic mass is 19.1. The average molecular weight is 254 g/mol. The largest absolute Gasteiger partial charge is 0.493 e.